The Hall–Kier alpha value is -1.54. The second kappa shape index (κ2) is 8.04. The Bertz CT molecular complexity index is 416. The minimum Gasteiger partial charge on any atom is -0.376 e. The molecule has 0 bridgehead atoms. The molecule has 2 fully saturated rings. The minimum absolute atomic E-state index is 0.102. The van der Waals surface area contributed by atoms with Crippen molar-refractivity contribution < 1.29 is 9.53 Å². The van der Waals surface area contributed by atoms with Gasteiger partial charge in [-0.15, -0.1) is 0 Å². The molecule has 0 aromatic rings. The molecular formula is C16H25N3O2. The van der Waals surface area contributed by atoms with Crippen LogP contribution in [0.2, 0.25) is 0 Å². The predicted octanol–water partition coefficient (Wildman–Crippen LogP) is 1.95. The lowest BCUT2D eigenvalue weighted by atomic mass is 9.94. The molecule has 1 atom stereocenters. The van der Waals surface area contributed by atoms with Gasteiger partial charge in [0.05, 0.1) is 6.10 Å². The predicted molar refractivity (Wildman–Crippen MR) is 80.3 cm³/mol. The molecule has 2 rings (SSSR count). The number of nitrogens with zero attached hydrogens (tertiary/aromatic N) is 2. The molecule has 116 valence electrons. The third-order valence-corrected chi connectivity index (χ3v) is 4.36. The maximum absolute atomic E-state index is 12.1. The number of carbonyl (C=O) groups excluding carboxylic acids is 1. The standard InChI is InChI=1S/C16H25N3O2/c1-19(14-6-3-2-4-7-14)12-13(10-17)16(20)18-11-15-8-5-9-21-15/h12,14-15H,2-9,11H2,1H3,(H,18,20)/b13-12-. The van der Waals surface area contributed by atoms with E-state index in [-0.39, 0.29) is 17.6 Å². The van der Waals surface area contributed by atoms with Crippen LogP contribution >= 0.6 is 0 Å². The highest BCUT2D eigenvalue weighted by Gasteiger charge is 2.20. The van der Waals surface area contributed by atoms with Gasteiger partial charge in [-0.25, -0.2) is 0 Å². The van der Waals surface area contributed by atoms with Crippen molar-refractivity contribution in [3.8, 4) is 6.07 Å². The maximum Gasteiger partial charge on any atom is 0.263 e. The van der Waals surface area contributed by atoms with Gasteiger partial charge in [0.1, 0.15) is 11.6 Å². The Morgan fingerprint density at radius 2 is 2.10 bits per heavy atom. The average Bonchev–Trinajstić information content (AvgIpc) is 3.04. The lowest BCUT2D eigenvalue weighted by Crippen LogP contribution is -2.34. The summed E-state index contributed by atoms with van der Waals surface area (Å²) in [5.41, 5.74) is 0.182. The Morgan fingerprint density at radius 3 is 2.71 bits per heavy atom. The molecule has 1 amide bonds. The van der Waals surface area contributed by atoms with Crippen LogP contribution in [-0.2, 0) is 9.53 Å². The van der Waals surface area contributed by atoms with Crippen molar-refractivity contribution in [1.82, 2.24) is 10.2 Å². The molecule has 2 aliphatic rings. The highest BCUT2D eigenvalue weighted by molar-refractivity contribution is 5.97. The Labute approximate surface area is 126 Å². The third-order valence-electron chi connectivity index (χ3n) is 4.36. The zero-order valence-electron chi connectivity index (χ0n) is 12.8. The van der Waals surface area contributed by atoms with Crippen molar-refractivity contribution in [2.75, 3.05) is 20.2 Å². The van der Waals surface area contributed by atoms with Crippen LogP contribution in [0.1, 0.15) is 44.9 Å². The van der Waals surface area contributed by atoms with E-state index >= 15 is 0 Å². The van der Waals surface area contributed by atoms with Crippen LogP contribution in [0.3, 0.4) is 0 Å². The summed E-state index contributed by atoms with van der Waals surface area (Å²) in [5, 5.41) is 12.0. The van der Waals surface area contributed by atoms with E-state index < -0.39 is 0 Å². The van der Waals surface area contributed by atoms with E-state index in [1.54, 1.807) is 6.20 Å². The molecule has 1 aliphatic heterocycles. The number of ether oxygens (including phenoxy) is 1. The first kappa shape index (κ1) is 15.8. The van der Waals surface area contributed by atoms with E-state index in [0.717, 1.165) is 32.3 Å². The van der Waals surface area contributed by atoms with E-state index in [4.69, 9.17) is 4.74 Å². The second-order valence-electron chi connectivity index (χ2n) is 5.96. The molecule has 0 spiro atoms. The average molecular weight is 291 g/mol. The quantitative estimate of drug-likeness (QED) is 0.621. The lowest BCUT2D eigenvalue weighted by Gasteiger charge is -2.30. The van der Waals surface area contributed by atoms with E-state index in [9.17, 15) is 10.1 Å². The van der Waals surface area contributed by atoms with Crippen molar-refractivity contribution >= 4 is 5.91 Å². The number of rotatable bonds is 5. The van der Waals surface area contributed by atoms with Crippen molar-refractivity contribution in [3.63, 3.8) is 0 Å². The number of hydrogen-bond donors (Lipinski definition) is 1. The Balaban J connectivity index is 1.85. The van der Waals surface area contributed by atoms with Crippen molar-refractivity contribution in [3.05, 3.63) is 11.8 Å². The summed E-state index contributed by atoms with van der Waals surface area (Å²) < 4.78 is 5.47. The van der Waals surface area contributed by atoms with E-state index in [2.05, 4.69) is 5.32 Å². The molecule has 1 heterocycles. The van der Waals surface area contributed by atoms with Gasteiger partial charge in [-0.3, -0.25) is 4.79 Å². The van der Waals surface area contributed by atoms with Crippen LogP contribution in [0, 0.1) is 11.3 Å². The van der Waals surface area contributed by atoms with Gasteiger partial charge < -0.3 is 15.0 Å². The molecule has 21 heavy (non-hydrogen) atoms. The summed E-state index contributed by atoms with van der Waals surface area (Å²) in [5.74, 6) is -0.296. The number of hydrogen-bond acceptors (Lipinski definition) is 4. The van der Waals surface area contributed by atoms with Gasteiger partial charge in [0, 0.05) is 32.4 Å². The van der Waals surface area contributed by atoms with Gasteiger partial charge in [-0.2, -0.15) is 5.26 Å². The SMILES string of the molecule is CN(/C=C(/C#N)C(=O)NCC1CCCO1)C1CCCCC1. The maximum atomic E-state index is 12.1. The van der Waals surface area contributed by atoms with Gasteiger partial charge in [0.25, 0.3) is 5.91 Å². The molecule has 0 aromatic carbocycles. The molecule has 0 radical (unpaired) electrons. The molecule has 0 aromatic heterocycles. The third kappa shape index (κ3) is 4.75. The molecule has 1 saturated carbocycles. The van der Waals surface area contributed by atoms with Gasteiger partial charge in [-0.1, -0.05) is 19.3 Å². The van der Waals surface area contributed by atoms with E-state index in [1.807, 2.05) is 18.0 Å². The molecular weight excluding hydrogens is 266 g/mol. The summed E-state index contributed by atoms with van der Waals surface area (Å²) >= 11 is 0. The zero-order valence-corrected chi connectivity index (χ0v) is 12.8. The lowest BCUT2D eigenvalue weighted by molar-refractivity contribution is -0.117. The smallest absolute Gasteiger partial charge is 0.263 e. The van der Waals surface area contributed by atoms with Gasteiger partial charge in [0.2, 0.25) is 0 Å². The van der Waals surface area contributed by atoms with Gasteiger partial charge >= 0.3 is 0 Å². The van der Waals surface area contributed by atoms with Crippen LogP contribution in [0.4, 0.5) is 0 Å². The molecule has 1 saturated heterocycles. The fraction of sp³-hybridized carbons (Fsp3) is 0.750. The first-order valence-corrected chi connectivity index (χ1v) is 7.94. The van der Waals surface area contributed by atoms with Crippen LogP contribution in [0.5, 0.6) is 0 Å². The summed E-state index contributed by atoms with van der Waals surface area (Å²) in [6, 6.07) is 2.47. The minimum atomic E-state index is -0.296. The first-order valence-electron chi connectivity index (χ1n) is 7.94. The first-order chi connectivity index (χ1) is 10.2. The fourth-order valence-electron chi connectivity index (χ4n) is 3.04. The van der Waals surface area contributed by atoms with E-state index in [1.165, 1.54) is 19.3 Å². The van der Waals surface area contributed by atoms with Crippen LogP contribution in [0.25, 0.3) is 0 Å². The Morgan fingerprint density at radius 1 is 1.33 bits per heavy atom. The second-order valence-corrected chi connectivity index (χ2v) is 5.96. The summed E-state index contributed by atoms with van der Waals surface area (Å²) in [6.45, 7) is 1.26. The molecule has 1 N–H and O–H groups in total. The van der Waals surface area contributed by atoms with Crippen molar-refractivity contribution in [2.24, 2.45) is 0 Å². The van der Waals surface area contributed by atoms with E-state index in [0.29, 0.717) is 12.6 Å². The van der Waals surface area contributed by atoms with Crippen molar-refractivity contribution in [2.45, 2.75) is 57.1 Å². The highest BCUT2D eigenvalue weighted by atomic mass is 16.5. The van der Waals surface area contributed by atoms with Crippen LogP contribution in [0.15, 0.2) is 11.8 Å². The molecule has 1 unspecified atom stereocenters. The largest absolute Gasteiger partial charge is 0.376 e. The summed E-state index contributed by atoms with van der Waals surface area (Å²) in [7, 11) is 1.96. The van der Waals surface area contributed by atoms with Crippen LogP contribution < -0.4 is 5.32 Å². The fourth-order valence-corrected chi connectivity index (χ4v) is 3.04. The number of nitriles is 1. The molecule has 1 aliphatic carbocycles. The van der Waals surface area contributed by atoms with Gasteiger partial charge in [-0.05, 0) is 25.7 Å². The molecule has 5 nitrogen and oxygen atoms in total. The van der Waals surface area contributed by atoms with Crippen molar-refractivity contribution in [1.29, 1.82) is 5.26 Å². The monoisotopic (exact) mass is 291 g/mol. The summed E-state index contributed by atoms with van der Waals surface area (Å²) in [6.07, 6.45) is 9.87. The normalized spacial score (nSPS) is 23.6. The number of carbonyl (C=O) groups is 1. The number of amides is 1. The number of nitrogens with one attached hydrogen (secondary N) is 1. The Kier molecular flexibility index (Phi) is 6.06. The topological polar surface area (TPSA) is 65.4 Å². The zero-order chi connectivity index (χ0) is 15.1. The highest BCUT2D eigenvalue weighted by Crippen LogP contribution is 2.22. The van der Waals surface area contributed by atoms with Crippen LogP contribution in [-0.4, -0.2) is 43.2 Å². The summed E-state index contributed by atoms with van der Waals surface area (Å²) in [4.78, 5) is 14.1. The van der Waals surface area contributed by atoms with Gasteiger partial charge in [0.15, 0.2) is 0 Å². The molecule has 5 heteroatoms.